The van der Waals surface area contributed by atoms with Crippen LogP contribution in [0, 0.1) is 0 Å². The summed E-state index contributed by atoms with van der Waals surface area (Å²) in [4.78, 5) is 42.0. The third-order valence-electron chi connectivity index (χ3n) is 4.02. The quantitative estimate of drug-likeness (QED) is 0.511. The number of hydrogen-bond acceptors (Lipinski definition) is 7. The van der Waals surface area contributed by atoms with Crippen molar-refractivity contribution in [3.05, 3.63) is 48.5 Å². The number of carbonyl (C=O) groups is 3. The second-order valence-corrected chi connectivity index (χ2v) is 8.20. The molecule has 1 aromatic heterocycles. The number of thiazole rings is 1. The number of fused-ring (bicyclic) bond motifs is 2. The fraction of sp³-hybridized carbons (Fsp3) is 0.158. The van der Waals surface area contributed by atoms with Crippen LogP contribution in [0.3, 0.4) is 0 Å². The molecule has 4 rings (SSSR count). The molecule has 9 heteroatoms. The number of nitrogens with zero attached hydrogens (tertiary/aromatic N) is 2. The molecule has 0 spiro atoms. The zero-order valence-electron chi connectivity index (χ0n) is 14.6. The standard InChI is InChI=1S/C19H15N3O4S2/c23-16-9-22(14-7-3-1-5-12(14)20-16)17(24)10-26-18(25)11-27-19-21-13-6-2-4-8-15(13)28-19/h1-8H,9-11H2,(H,20,23). The Morgan fingerprint density at radius 2 is 1.96 bits per heavy atom. The fourth-order valence-corrected chi connectivity index (χ4v) is 4.62. The zero-order chi connectivity index (χ0) is 19.5. The van der Waals surface area contributed by atoms with Crippen molar-refractivity contribution < 1.29 is 19.1 Å². The Morgan fingerprint density at radius 3 is 2.82 bits per heavy atom. The van der Waals surface area contributed by atoms with Crippen molar-refractivity contribution in [2.24, 2.45) is 0 Å². The van der Waals surface area contributed by atoms with Gasteiger partial charge in [0.25, 0.3) is 5.91 Å². The maximum absolute atomic E-state index is 12.5. The molecule has 0 saturated carbocycles. The molecule has 0 aliphatic carbocycles. The lowest BCUT2D eigenvalue weighted by atomic mass is 10.2. The average molecular weight is 413 g/mol. The molecule has 2 heterocycles. The highest BCUT2D eigenvalue weighted by atomic mass is 32.2. The van der Waals surface area contributed by atoms with E-state index in [0.717, 1.165) is 14.6 Å². The number of thioether (sulfide) groups is 1. The molecule has 2 amide bonds. The van der Waals surface area contributed by atoms with Gasteiger partial charge in [-0.1, -0.05) is 36.0 Å². The van der Waals surface area contributed by atoms with Crippen molar-refractivity contribution in [3.8, 4) is 0 Å². The van der Waals surface area contributed by atoms with E-state index in [1.54, 1.807) is 24.3 Å². The summed E-state index contributed by atoms with van der Waals surface area (Å²) in [6.45, 7) is -0.519. The highest BCUT2D eigenvalue weighted by molar-refractivity contribution is 8.01. The predicted molar refractivity (Wildman–Crippen MR) is 109 cm³/mol. The van der Waals surface area contributed by atoms with Gasteiger partial charge in [-0.2, -0.15) is 0 Å². The Hall–Kier alpha value is -2.91. The number of aromatic nitrogens is 1. The first-order valence-corrected chi connectivity index (χ1v) is 10.2. The molecule has 0 saturated heterocycles. The van der Waals surface area contributed by atoms with Gasteiger partial charge < -0.3 is 10.1 Å². The molecule has 0 bridgehead atoms. The van der Waals surface area contributed by atoms with E-state index in [9.17, 15) is 14.4 Å². The lowest BCUT2D eigenvalue weighted by Crippen LogP contribution is -2.44. The summed E-state index contributed by atoms with van der Waals surface area (Å²) in [5.41, 5.74) is 2.04. The highest BCUT2D eigenvalue weighted by Crippen LogP contribution is 2.30. The van der Waals surface area contributed by atoms with E-state index in [0.29, 0.717) is 11.4 Å². The molecule has 2 aromatic carbocycles. The second-order valence-electron chi connectivity index (χ2n) is 5.94. The Bertz CT molecular complexity index is 1030. The maximum Gasteiger partial charge on any atom is 0.316 e. The summed E-state index contributed by atoms with van der Waals surface area (Å²) in [5.74, 6) is -1.18. The SMILES string of the molecule is O=C1CN(C(=O)COC(=O)CSc2nc3ccccc3s2)c2ccccc2N1. The number of para-hydroxylation sites is 3. The first kappa shape index (κ1) is 18.5. The van der Waals surface area contributed by atoms with Gasteiger partial charge in [0.05, 0.1) is 27.3 Å². The summed E-state index contributed by atoms with van der Waals surface area (Å²) in [7, 11) is 0. The first-order valence-electron chi connectivity index (χ1n) is 8.43. The predicted octanol–water partition coefficient (Wildman–Crippen LogP) is 2.92. The molecule has 1 aliphatic heterocycles. The molecule has 1 aliphatic rings. The number of anilines is 2. The molecule has 0 unspecified atom stereocenters. The molecule has 0 radical (unpaired) electrons. The number of rotatable bonds is 5. The number of carbonyl (C=O) groups excluding carboxylic acids is 3. The summed E-state index contributed by atoms with van der Waals surface area (Å²) in [6, 6.07) is 14.7. The minimum Gasteiger partial charge on any atom is -0.455 e. The van der Waals surface area contributed by atoms with E-state index in [1.165, 1.54) is 28.0 Å². The van der Waals surface area contributed by atoms with Gasteiger partial charge in [0.1, 0.15) is 6.54 Å². The van der Waals surface area contributed by atoms with E-state index in [1.807, 2.05) is 24.3 Å². The van der Waals surface area contributed by atoms with Gasteiger partial charge in [-0.15, -0.1) is 11.3 Å². The summed E-state index contributed by atoms with van der Waals surface area (Å²) in [5, 5.41) is 2.71. The fourth-order valence-electron chi connectivity index (χ4n) is 2.75. The Morgan fingerprint density at radius 1 is 1.18 bits per heavy atom. The number of nitrogens with one attached hydrogen (secondary N) is 1. The van der Waals surface area contributed by atoms with Crippen LogP contribution in [0.4, 0.5) is 11.4 Å². The lowest BCUT2D eigenvalue weighted by Gasteiger charge is -2.28. The van der Waals surface area contributed by atoms with Gasteiger partial charge in [-0.25, -0.2) is 4.98 Å². The van der Waals surface area contributed by atoms with Gasteiger partial charge in [0.2, 0.25) is 5.91 Å². The largest absolute Gasteiger partial charge is 0.455 e. The third-order valence-corrected chi connectivity index (χ3v) is 6.17. The van der Waals surface area contributed by atoms with Gasteiger partial charge in [0, 0.05) is 0 Å². The van der Waals surface area contributed by atoms with Crippen LogP contribution in [0.1, 0.15) is 0 Å². The van der Waals surface area contributed by atoms with Crippen molar-refractivity contribution in [1.29, 1.82) is 0 Å². The molecular formula is C19H15N3O4S2. The van der Waals surface area contributed by atoms with E-state index >= 15 is 0 Å². The maximum atomic E-state index is 12.5. The normalized spacial score (nSPS) is 13.1. The number of esters is 1. The van der Waals surface area contributed by atoms with E-state index in [-0.39, 0.29) is 18.2 Å². The molecule has 7 nitrogen and oxygen atoms in total. The summed E-state index contributed by atoms with van der Waals surface area (Å²) in [6.07, 6.45) is 0. The third kappa shape index (κ3) is 4.00. The molecule has 28 heavy (non-hydrogen) atoms. The smallest absolute Gasteiger partial charge is 0.316 e. The number of ether oxygens (including phenoxy) is 1. The highest BCUT2D eigenvalue weighted by Gasteiger charge is 2.27. The second kappa shape index (κ2) is 7.99. The van der Waals surface area contributed by atoms with Crippen LogP contribution in [0.5, 0.6) is 0 Å². The van der Waals surface area contributed by atoms with E-state index in [2.05, 4.69) is 10.3 Å². The van der Waals surface area contributed by atoms with Crippen LogP contribution >= 0.6 is 23.1 Å². The van der Waals surface area contributed by atoms with E-state index < -0.39 is 18.5 Å². The van der Waals surface area contributed by atoms with Crippen LogP contribution < -0.4 is 10.2 Å². The number of hydrogen-bond donors (Lipinski definition) is 1. The van der Waals surface area contributed by atoms with Crippen molar-refractivity contribution in [2.75, 3.05) is 29.1 Å². The minimum absolute atomic E-state index is 0.0597. The molecule has 3 aromatic rings. The van der Waals surface area contributed by atoms with Crippen LogP contribution in [0.2, 0.25) is 0 Å². The van der Waals surface area contributed by atoms with Gasteiger partial charge in [0.15, 0.2) is 10.9 Å². The van der Waals surface area contributed by atoms with Crippen LogP contribution in [0.15, 0.2) is 52.9 Å². The molecule has 0 atom stereocenters. The molecule has 142 valence electrons. The van der Waals surface area contributed by atoms with Gasteiger partial charge in [-0.05, 0) is 24.3 Å². The number of benzene rings is 2. The Kier molecular flexibility index (Phi) is 5.27. The van der Waals surface area contributed by atoms with Crippen LogP contribution in [0.25, 0.3) is 10.2 Å². The average Bonchev–Trinajstić information content (AvgIpc) is 3.12. The first-order chi connectivity index (χ1) is 13.6. The van der Waals surface area contributed by atoms with E-state index in [4.69, 9.17) is 4.74 Å². The topological polar surface area (TPSA) is 88.6 Å². The van der Waals surface area contributed by atoms with Crippen molar-refractivity contribution in [2.45, 2.75) is 4.34 Å². The molecule has 1 N–H and O–H groups in total. The van der Waals surface area contributed by atoms with Gasteiger partial charge in [-0.3, -0.25) is 19.3 Å². The minimum atomic E-state index is -0.507. The monoisotopic (exact) mass is 413 g/mol. The van der Waals surface area contributed by atoms with Crippen LogP contribution in [-0.2, 0) is 19.1 Å². The van der Waals surface area contributed by atoms with Crippen molar-refractivity contribution in [3.63, 3.8) is 0 Å². The summed E-state index contributed by atoms with van der Waals surface area (Å²) >= 11 is 2.78. The molecular weight excluding hydrogens is 398 g/mol. The van der Waals surface area contributed by atoms with Gasteiger partial charge >= 0.3 is 5.97 Å². The Labute approximate surface area is 168 Å². The van der Waals surface area contributed by atoms with Crippen LogP contribution in [-0.4, -0.2) is 41.7 Å². The lowest BCUT2D eigenvalue weighted by molar-refractivity contribution is -0.145. The summed E-state index contributed by atoms with van der Waals surface area (Å²) < 4.78 is 6.92. The van der Waals surface area contributed by atoms with Crippen molar-refractivity contribution in [1.82, 2.24) is 4.98 Å². The number of amides is 2. The van der Waals surface area contributed by atoms with Crippen molar-refractivity contribution >= 4 is 62.5 Å². The molecule has 0 fully saturated rings. The zero-order valence-corrected chi connectivity index (χ0v) is 16.2. The Balaban J connectivity index is 1.32.